The number of fused-ring (bicyclic) bond motifs is 1. The predicted molar refractivity (Wildman–Crippen MR) is 103 cm³/mol. The van der Waals surface area contributed by atoms with Crippen molar-refractivity contribution in [2.75, 3.05) is 39.3 Å². The van der Waals surface area contributed by atoms with Crippen molar-refractivity contribution in [3.8, 4) is 0 Å². The van der Waals surface area contributed by atoms with E-state index in [4.69, 9.17) is 9.84 Å². The number of pyridine rings is 1. The number of hydrogen-bond donors (Lipinski definition) is 4. The molecule has 4 N–H and O–H groups in total. The lowest BCUT2D eigenvalue weighted by Crippen LogP contribution is -2.52. The Kier molecular flexibility index (Phi) is 5.30. The number of allylic oxidation sites excluding steroid dienone is 1. The molecule has 0 aromatic carbocycles. The molecule has 1 saturated heterocycles. The molecule has 0 atom stereocenters. The van der Waals surface area contributed by atoms with Crippen LogP contribution in [-0.4, -0.2) is 81.2 Å². The topological polar surface area (TPSA) is 131 Å². The van der Waals surface area contributed by atoms with Gasteiger partial charge in [0.1, 0.15) is 5.65 Å². The number of H-pyrrole nitrogens is 1. The fourth-order valence-corrected chi connectivity index (χ4v) is 3.41. The summed E-state index contributed by atoms with van der Waals surface area (Å²) in [5.41, 5.74) is 3.85. The van der Waals surface area contributed by atoms with Gasteiger partial charge < -0.3 is 19.9 Å². The highest BCUT2D eigenvalue weighted by Gasteiger charge is 2.37. The molecule has 2 aliphatic heterocycles. The fraction of sp³-hybridized carbons (Fsp3) is 0.316. The van der Waals surface area contributed by atoms with Gasteiger partial charge in [0.2, 0.25) is 11.7 Å². The molecule has 0 amide bonds. The summed E-state index contributed by atoms with van der Waals surface area (Å²) in [4.78, 5) is 33.6. The number of rotatable bonds is 6. The number of piperazine rings is 1. The number of ketones is 1. The first-order chi connectivity index (χ1) is 14.1. The van der Waals surface area contributed by atoms with Crippen molar-refractivity contribution in [1.29, 1.82) is 0 Å². The average molecular weight is 399 g/mol. The van der Waals surface area contributed by atoms with Gasteiger partial charge in [0.05, 0.1) is 6.61 Å². The number of carboxylic acid groups (broad SMARTS) is 1. The number of nitrogens with one attached hydrogen (secondary N) is 2. The minimum absolute atomic E-state index is 0.0615. The van der Waals surface area contributed by atoms with Gasteiger partial charge in [-0.2, -0.15) is 0 Å². The van der Waals surface area contributed by atoms with Crippen LogP contribution in [0, 0.1) is 0 Å². The predicted octanol–water partition coefficient (Wildman–Crippen LogP) is -0.0862. The number of hydrogen-bond acceptors (Lipinski definition) is 8. The van der Waals surface area contributed by atoms with Crippen LogP contribution < -0.4 is 5.43 Å². The van der Waals surface area contributed by atoms with Gasteiger partial charge in [-0.25, -0.2) is 14.8 Å². The molecule has 152 valence electrons. The van der Waals surface area contributed by atoms with E-state index in [1.54, 1.807) is 23.5 Å². The monoisotopic (exact) mass is 399 g/mol. The molecule has 0 bridgehead atoms. The van der Waals surface area contributed by atoms with E-state index in [0.29, 0.717) is 43.9 Å². The second kappa shape index (κ2) is 8.03. The summed E-state index contributed by atoms with van der Waals surface area (Å²) in [7, 11) is 0. The number of nitrogens with zero attached hydrogens (tertiary/aromatic N) is 3. The molecule has 0 unspecified atom stereocenters. The lowest BCUT2D eigenvalue weighted by molar-refractivity contribution is -0.134. The maximum absolute atomic E-state index is 12.6. The van der Waals surface area contributed by atoms with Crippen LogP contribution in [0.25, 0.3) is 17.1 Å². The number of aliphatic carboxylic acids is 1. The zero-order valence-electron chi connectivity index (χ0n) is 15.6. The van der Waals surface area contributed by atoms with Crippen molar-refractivity contribution >= 4 is 28.9 Å². The van der Waals surface area contributed by atoms with Crippen LogP contribution in [0.15, 0.2) is 41.7 Å². The number of carbonyl (C=O) groups is 2. The fourth-order valence-electron chi connectivity index (χ4n) is 3.41. The third-order valence-electron chi connectivity index (χ3n) is 4.92. The average Bonchev–Trinajstić information content (AvgIpc) is 3.25. The summed E-state index contributed by atoms with van der Waals surface area (Å²) in [5, 5.41) is 21.1. The van der Waals surface area contributed by atoms with E-state index in [0.717, 1.165) is 5.39 Å². The normalized spacial score (nSPS) is 19.9. The van der Waals surface area contributed by atoms with E-state index in [-0.39, 0.29) is 18.2 Å². The Hall–Kier alpha value is -3.21. The number of β-amino-alcohol motifs (C(OH)–C–C–N with tert-alkyl or cyclic N) is 1. The summed E-state index contributed by atoms with van der Waals surface area (Å²) < 4.78 is 5.62. The lowest BCUT2D eigenvalue weighted by Gasteiger charge is -2.34. The summed E-state index contributed by atoms with van der Waals surface area (Å²) in [6.45, 7) is 3.31. The van der Waals surface area contributed by atoms with Gasteiger partial charge in [-0.1, -0.05) is 0 Å². The van der Waals surface area contributed by atoms with Gasteiger partial charge in [0.25, 0.3) is 0 Å². The van der Waals surface area contributed by atoms with Crippen molar-refractivity contribution < 1.29 is 24.5 Å². The zero-order chi connectivity index (χ0) is 20.4. The number of carboxylic acids is 1. The first-order valence-corrected chi connectivity index (χ1v) is 9.25. The van der Waals surface area contributed by atoms with Crippen molar-refractivity contribution in [3.63, 3.8) is 0 Å². The molecule has 10 nitrogen and oxygen atoms in total. The molecule has 0 spiro atoms. The quantitative estimate of drug-likeness (QED) is 0.389. The molecular formula is C19H21N5O5. The number of ether oxygens (including phenoxy) is 1. The van der Waals surface area contributed by atoms with Gasteiger partial charge >= 0.3 is 5.97 Å². The second-order valence-corrected chi connectivity index (χ2v) is 6.76. The van der Waals surface area contributed by atoms with Crippen LogP contribution >= 0.6 is 0 Å². The van der Waals surface area contributed by atoms with E-state index in [2.05, 4.69) is 20.3 Å². The minimum Gasteiger partial charge on any atom is -0.477 e. The minimum atomic E-state index is -1.35. The van der Waals surface area contributed by atoms with E-state index in [1.807, 2.05) is 6.07 Å². The number of hydrazine groups is 1. The van der Waals surface area contributed by atoms with Crippen LogP contribution in [0.2, 0.25) is 0 Å². The molecule has 1 fully saturated rings. The Labute approximate surface area is 166 Å². The number of Topliss-reactive ketones (excluding diaryl/α,β-unsaturated/α-hetero) is 1. The summed E-state index contributed by atoms with van der Waals surface area (Å²) in [6, 6.07) is 3.63. The van der Waals surface area contributed by atoms with Gasteiger partial charge in [-0.3, -0.25) is 15.1 Å². The number of aliphatic hydroxyl groups is 1. The molecule has 29 heavy (non-hydrogen) atoms. The maximum Gasteiger partial charge on any atom is 0.345 e. The van der Waals surface area contributed by atoms with E-state index >= 15 is 0 Å². The van der Waals surface area contributed by atoms with Crippen LogP contribution in [0.4, 0.5) is 0 Å². The van der Waals surface area contributed by atoms with Gasteiger partial charge in [-0.15, -0.1) is 0 Å². The molecule has 4 heterocycles. The van der Waals surface area contributed by atoms with Gasteiger partial charge in [0, 0.05) is 56.1 Å². The Morgan fingerprint density at radius 1 is 1.34 bits per heavy atom. The SMILES string of the molecule is O=C(O)C1=C(NN2CCN(CCO)CC2)OC(=Cc2c[nH]c3ncccc23)C1=O. The molecule has 10 heteroatoms. The van der Waals surface area contributed by atoms with Crippen LogP contribution in [-0.2, 0) is 14.3 Å². The molecule has 0 saturated carbocycles. The summed E-state index contributed by atoms with van der Waals surface area (Å²) in [5.74, 6) is -2.17. The number of aliphatic hydroxyl groups excluding tert-OH is 1. The van der Waals surface area contributed by atoms with E-state index < -0.39 is 17.3 Å². The lowest BCUT2D eigenvalue weighted by atomic mass is 10.1. The molecule has 0 aliphatic carbocycles. The highest BCUT2D eigenvalue weighted by atomic mass is 16.5. The van der Waals surface area contributed by atoms with Crippen molar-refractivity contribution in [3.05, 3.63) is 47.3 Å². The van der Waals surface area contributed by atoms with E-state index in [9.17, 15) is 14.7 Å². The van der Waals surface area contributed by atoms with Gasteiger partial charge in [0.15, 0.2) is 11.3 Å². The highest BCUT2D eigenvalue weighted by molar-refractivity contribution is 6.26. The number of carbonyl (C=O) groups excluding carboxylic acids is 1. The zero-order valence-corrected chi connectivity index (χ0v) is 15.6. The Balaban J connectivity index is 1.53. The van der Waals surface area contributed by atoms with E-state index in [1.165, 1.54) is 6.08 Å². The number of aromatic nitrogens is 2. The second-order valence-electron chi connectivity index (χ2n) is 6.76. The third kappa shape index (κ3) is 3.86. The Morgan fingerprint density at radius 3 is 2.86 bits per heavy atom. The van der Waals surface area contributed by atoms with Crippen LogP contribution in [0.5, 0.6) is 0 Å². The van der Waals surface area contributed by atoms with Crippen LogP contribution in [0.1, 0.15) is 5.56 Å². The van der Waals surface area contributed by atoms with Gasteiger partial charge in [-0.05, 0) is 18.2 Å². The molecule has 4 rings (SSSR count). The third-order valence-corrected chi connectivity index (χ3v) is 4.92. The molecular weight excluding hydrogens is 378 g/mol. The smallest absolute Gasteiger partial charge is 0.345 e. The Bertz CT molecular complexity index is 1000. The Morgan fingerprint density at radius 2 is 2.14 bits per heavy atom. The van der Waals surface area contributed by atoms with Crippen molar-refractivity contribution in [2.45, 2.75) is 0 Å². The summed E-state index contributed by atoms with van der Waals surface area (Å²) >= 11 is 0. The van der Waals surface area contributed by atoms with Crippen LogP contribution in [0.3, 0.4) is 0 Å². The standard InChI is InChI=1S/C19H21N5O5/c25-9-8-23-4-6-24(7-5-23)22-18-15(19(27)28)16(26)14(29-18)10-12-11-21-17-13(12)2-1-3-20-17/h1-3,10-11,22,25H,4-9H2,(H,20,21)(H,27,28). The highest BCUT2D eigenvalue weighted by Crippen LogP contribution is 2.27. The van der Waals surface area contributed by atoms with Crippen molar-refractivity contribution in [1.82, 2.24) is 25.3 Å². The summed E-state index contributed by atoms with van der Waals surface area (Å²) in [6.07, 6.45) is 4.85. The largest absolute Gasteiger partial charge is 0.477 e. The maximum atomic E-state index is 12.6. The molecule has 2 aliphatic rings. The first-order valence-electron chi connectivity index (χ1n) is 9.25. The molecule has 2 aromatic rings. The molecule has 0 radical (unpaired) electrons. The molecule has 2 aromatic heterocycles. The first kappa shape index (κ1) is 19.1. The van der Waals surface area contributed by atoms with Crippen molar-refractivity contribution in [2.24, 2.45) is 0 Å². The number of aromatic amines is 1.